The van der Waals surface area contributed by atoms with Crippen LogP contribution in [0.25, 0.3) is 10.9 Å². The van der Waals surface area contributed by atoms with Gasteiger partial charge in [0.1, 0.15) is 18.5 Å². The first-order valence-corrected chi connectivity index (χ1v) is 5.42. The van der Waals surface area contributed by atoms with Crippen molar-refractivity contribution in [1.82, 2.24) is 9.78 Å². The maximum atomic E-state index is 5.64. The Balaban J connectivity index is 1.91. The summed E-state index contributed by atoms with van der Waals surface area (Å²) in [6, 6.07) is 6.06. The van der Waals surface area contributed by atoms with Gasteiger partial charge in [0.15, 0.2) is 0 Å². The van der Waals surface area contributed by atoms with Crippen LogP contribution in [0.5, 0.6) is 5.75 Å². The van der Waals surface area contributed by atoms with E-state index in [4.69, 9.17) is 9.47 Å². The fourth-order valence-corrected chi connectivity index (χ4v) is 1.86. The van der Waals surface area contributed by atoms with Crippen LogP contribution in [0.1, 0.15) is 5.69 Å². The second-order valence-corrected chi connectivity index (χ2v) is 4.15. The van der Waals surface area contributed by atoms with Gasteiger partial charge in [-0.05, 0) is 25.1 Å². The molecule has 16 heavy (non-hydrogen) atoms. The van der Waals surface area contributed by atoms with E-state index in [1.54, 1.807) is 0 Å². The molecule has 4 nitrogen and oxygen atoms in total. The summed E-state index contributed by atoms with van der Waals surface area (Å²) in [7, 11) is 1.95. The molecule has 1 atom stereocenters. The number of nitrogens with zero attached hydrogens (tertiary/aromatic N) is 2. The van der Waals surface area contributed by atoms with E-state index < -0.39 is 0 Å². The molecule has 0 aliphatic carbocycles. The Morgan fingerprint density at radius 2 is 2.38 bits per heavy atom. The van der Waals surface area contributed by atoms with E-state index in [9.17, 15) is 0 Å². The van der Waals surface area contributed by atoms with Crippen molar-refractivity contribution in [3.63, 3.8) is 0 Å². The molecule has 1 saturated heterocycles. The molecule has 1 unspecified atom stereocenters. The highest BCUT2D eigenvalue weighted by atomic mass is 16.6. The van der Waals surface area contributed by atoms with Gasteiger partial charge in [-0.1, -0.05) is 0 Å². The third kappa shape index (κ3) is 1.65. The number of epoxide rings is 1. The highest BCUT2D eigenvalue weighted by Crippen LogP contribution is 2.23. The van der Waals surface area contributed by atoms with Crippen molar-refractivity contribution >= 4 is 10.9 Å². The summed E-state index contributed by atoms with van der Waals surface area (Å²) in [5.74, 6) is 0.888. The molecule has 84 valence electrons. The van der Waals surface area contributed by atoms with Crippen LogP contribution in [0, 0.1) is 6.92 Å². The maximum absolute atomic E-state index is 5.64. The summed E-state index contributed by atoms with van der Waals surface area (Å²) >= 11 is 0. The summed E-state index contributed by atoms with van der Waals surface area (Å²) < 4.78 is 12.6. The molecule has 0 radical (unpaired) electrons. The molecule has 0 saturated carbocycles. The van der Waals surface area contributed by atoms with Gasteiger partial charge in [-0.15, -0.1) is 0 Å². The molecule has 1 aromatic carbocycles. The molecule has 0 spiro atoms. The Morgan fingerprint density at radius 1 is 1.56 bits per heavy atom. The normalized spacial score (nSPS) is 19.0. The van der Waals surface area contributed by atoms with Gasteiger partial charge in [0.25, 0.3) is 0 Å². The van der Waals surface area contributed by atoms with Crippen molar-refractivity contribution in [3.8, 4) is 5.75 Å². The first kappa shape index (κ1) is 9.66. The van der Waals surface area contributed by atoms with Crippen LogP contribution in [0.2, 0.25) is 0 Å². The molecule has 2 aromatic rings. The van der Waals surface area contributed by atoms with Gasteiger partial charge >= 0.3 is 0 Å². The number of hydrogen-bond donors (Lipinski definition) is 0. The number of benzene rings is 1. The minimum absolute atomic E-state index is 0.297. The van der Waals surface area contributed by atoms with Gasteiger partial charge in [-0.25, -0.2) is 0 Å². The fraction of sp³-hybridized carbons (Fsp3) is 0.417. The minimum Gasteiger partial charge on any atom is -0.491 e. The van der Waals surface area contributed by atoms with Crippen molar-refractivity contribution in [2.75, 3.05) is 13.2 Å². The lowest BCUT2D eigenvalue weighted by atomic mass is 10.2. The van der Waals surface area contributed by atoms with Crippen LogP contribution in [0.15, 0.2) is 18.2 Å². The van der Waals surface area contributed by atoms with E-state index in [2.05, 4.69) is 5.10 Å². The monoisotopic (exact) mass is 218 g/mol. The van der Waals surface area contributed by atoms with Gasteiger partial charge in [0.2, 0.25) is 0 Å². The summed E-state index contributed by atoms with van der Waals surface area (Å²) in [5.41, 5.74) is 2.16. The molecule has 0 N–H and O–H groups in total. The van der Waals surface area contributed by atoms with Gasteiger partial charge in [-0.2, -0.15) is 5.10 Å². The van der Waals surface area contributed by atoms with Crippen LogP contribution in [0.3, 0.4) is 0 Å². The van der Waals surface area contributed by atoms with Gasteiger partial charge in [-0.3, -0.25) is 4.68 Å². The summed E-state index contributed by atoms with van der Waals surface area (Å²) in [6.45, 7) is 3.48. The van der Waals surface area contributed by atoms with Crippen LogP contribution >= 0.6 is 0 Å². The molecule has 2 heterocycles. The highest BCUT2D eigenvalue weighted by Gasteiger charge is 2.23. The Kier molecular flexibility index (Phi) is 2.11. The second-order valence-electron chi connectivity index (χ2n) is 4.15. The standard InChI is InChI=1S/C12H14N2O2/c1-8-11-5-9(15-6-10-7-16-10)3-4-12(11)14(2)13-8/h3-5,10H,6-7H2,1-2H3. The second kappa shape index (κ2) is 3.49. The van der Waals surface area contributed by atoms with E-state index in [0.717, 1.165) is 29.0 Å². The third-order valence-electron chi connectivity index (χ3n) is 2.84. The highest BCUT2D eigenvalue weighted by molar-refractivity contribution is 5.83. The number of hydrogen-bond acceptors (Lipinski definition) is 3. The molecular weight excluding hydrogens is 204 g/mol. The average molecular weight is 218 g/mol. The molecular formula is C12H14N2O2. The molecule has 1 aliphatic rings. The Labute approximate surface area is 93.8 Å². The molecule has 0 amide bonds. The van der Waals surface area contributed by atoms with Gasteiger partial charge in [0.05, 0.1) is 17.8 Å². The first-order chi connectivity index (χ1) is 7.74. The van der Waals surface area contributed by atoms with Crippen molar-refractivity contribution < 1.29 is 9.47 Å². The number of fused-ring (bicyclic) bond motifs is 1. The molecule has 4 heteroatoms. The zero-order chi connectivity index (χ0) is 11.1. The average Bonchev–Trinajstić information content (AvgIpc) is 3.05. The first-order valence-electron chi connectivity index (χ1n) is 5.42. The zero-order valence-electron chi connectivity index (χ0n) is 9.43. The molecule has 1 aromatic heterocycles. The lowest BCUT2D eigenvalue weighted by Crippen LogP contribution is -2.03. The van der Waals surface area contributed by atoms with Gasteiger partial charge < -0.3 is 9.47 Å². The Bertz CT molecular complexity index is 529. The van der Waals surface area contributed by atoms with Crippen LogP contribution in [-0.2, 0) is 11.8 Å². The van der Waals surface area contributed by atoms with E-state index in [-0.39, 0.29) is 0 Å². The molecule has 1 aliphatic heterocycles. The van der Waals surface area contributed by atoms with Crippen molar-refractivity contribution in [2.24, 2.45) is 7.05 Å². The van der Waals surface area contributed by atoms with Crippen molar-refractivity contribution in [1.29, 1.82) is 0 Å². The summed E-state index contributed by atoms with van der Waals surface area (Å²) in [5, 5.41) is 5.53. The van der Waals surface area contributed by atoms with E-state index in [1.807, 2.05) is 36.9 Å². The SMILES string of the molecule is Cc1nn(C)c2ccc(OCC3CO3)cc12. The van der Waals surface area contributed by atoms with Crippen LogP contribution < -0.4 is 4.74 Å². The number of aromatic nitrogens is 2. The topological polar surface area (TPSA) is 39.6 Å². The summed E-state index contributed by atoms with van der Waals surface area (Å²) in [4.78, 5) is 0. The van der Waals surface area contributed by atoms with E-state index in [1.165, 1.54) is 0 Å². The van der Waals surface area contributed by atoms with Crippen molar-refractivity contribution in [2.45, 2.75) is 13.0 Å². The number of rotatable bonds is 3. The largest absolute Gasteiger partial charge is 0.491 e. The van der Waals surface area contributed by atoms with E-state index in [0.29, 0.717) is 12.7 Å². The quantitative estimate of drug-likeness (QED) is 0.735. The predicted molar refractivity (Wildman–Crippen MR) is 60.7 cm³/mol. The fourth-order valence-electron chi connectivity index (χ4n) is 1.86. The third-order valence-corrected chi connectivity index (χ3v) is 2.84. The van der Waals surface area contributed by atoms with E-state index >= 15 is 0 Å². The maximum Gasteiger partial charge on any atom is 0.120 e. The molecule has 0 bridgehead atoms. The van der Waals surface area contributed by atoms with Crippen molar-refractivity contribution in [3.05, 3.63) is 23.9 Å². The van der Waals surface area contributed by atoms with Gasteiger partial charge in [0, 0.05) is 12.4 Å². The Morgan fingerprint density at radius 3 is 3.12 bits per heavy atom. The molecule has 1 fully saturated rings. The minimum atomic E-state index is 0.297. The number of ether oxygens (including phenoxy) is 2. The number of aryl methyl sites for hydroxylation is 2. The van der Waals surface area contributed by atoms with Crippen LogP contribution in [-0.4, -0.2) is 29.1 Å². The Hall–Kier alpha value is -1.55. The smallest absolute Gasteiger partial charge is 0.120 e. The zero-order valence-corrected chi connectivity index (χ0v) is 9.43. The molecule has 3 rings (SSSR count). The predicted octanol–water partition coefficient (Wildman–Crippen LogP) is 1.66. The lowest BCUT2D eigenvalue weighted by molar-refractivity contribution is 0.263. The lowest BCUT2D eigenvalue weighted by Gasteiger charge is -2.04. The summed E-state index contributed by atoms with van der Waals surface area (Å²) in [6.07, 6.45) is 0.297. The van der Waals surface area contributed by atoms with Crippen LogP contribution in [0.4, 0.5) is 0 Å².